The molecule has 2 N–H and O–H groups in total. The first kappa shape index (κ1) is 15.3. The van der Waals surface area contributed by atoms with E-state index in [9.17, 15) is 4.79 Å². The molecule has 0 aliphatic heterocycles. The van der Waals surface area contributed by atoms with Crippen molar-refractivity contribution >= 4 is 16.8 Å². The average Bonchev–Trinajstić information content (AvgIpc) is 3.18. The Bertz CT molecular complexity index is 800. The number of fused-ring (bicyclic) bond motifs is 1. The number of aromatic amines is 1. The number of H-pyrrole nitrogens is 1. The molecule has 0 saturated carbocycles. The average molecular weight is 310 g/mol. The Morgan fingerprint density at radius 1 is 1.35 bits per heavy atom. The van der Waals surface area contributed by atoms with Crippen molar-refractivity contribution in [3.05, 3.63) is 54.0 Å². The quantitative estimate of drug-likeness (QED) is 0.734. The van der Waals surface area contributed by atoms with E-state index >= 15 is 0 Å². The van der Waals surface area contributed by atoms with Crippen molar-refractivity contribution in [3.63, 3.8) is 0 Å². The van der Waals surface area contributed by atoms with E-state index in [1.54, 1.807) is 6.20 Å². The summed E-state index contributed by atoms with van der Waals surface area (Å²) in [5.41, 5.74) is 3.33. The van der Waals surface area contributed by atoms with E-state index in [0.29, 0.717) is 19.0 Å². The second-order valence-electron chi connectivity index (χ2n) is 6.06. The molecule has 0 atom stereocenters. The predicted octanol–water partition coefficient (Wildman–Crippen LogP) is 3.19. The van der Waals surface area contributed by atoms with Crippen molar-refractivity contribution in [2.75, 3.05) is 0 Å². The van der Waals surface area contributed by atoms with Gasteiger partial charge in [0.2, 0.25) is 5.91 Å². The number of nitrogens with zero attached hydrogens (tertiary/aromatic N) is 2. The van der Waals surface area contributed by atoms with Crippen molar-refractivity contribution in [2.24, 2.45) is 0 Å². The molecule has 1 amide bonds. The van der Waals surface area contributed by atoms with Gasteiger partial charge in [-0.3, -0.25) is 9.48 Å². The lowest BCUT2D eigenvalue weighted by atomic mass is 10.1. The molecule has 0 unspecified atom stereocenters. The number of carbonyl (C=O) groups excluding carboxylic acids is 1. The van der Waals surface area contributed by atoms with Gasteiger partial charge in [0, 0.05) is 47.9 Å². The fourth-order valence-corrected chi connectivity index (χ4v) is 2.63. The molecule has 0 spiro atoms. The minimum absolute atomic E-state index is 0.0626. The minimum Gasteiger partial charge on any atom is -0.361 e. The molecule has 3 rings (SSSR count). The van der Waals surface area contributed by atoms with Gasteiger partial charge in [-0.15, -0.1) is 0 Å². The van der Waals surface area contributed by atoms with Crippen LogP contribution in [-0.2, 0) is 17.8 Å². The number of aromatic nitrogens is 3. The number of carbonyl (C=O) groups is 1. The second kappa shape index (κ2) is 6.69. The number of para-hydroxylation sites is 1. The maximum Gasteiger partial charge on any atom is 0.220 e. The van der Waals surface area contributed by atoms with Crippen LogP contribution < -0.4 is 5.32 Å². The summed E-state index contributed by atoms with van der Waals surface area (Å²) in [5.74, 6) is 0.0626. The molecule has 23 heavy (non-hydrogen) atoms. The first-order chi connectivity index (χ1) is 11.1. The normalized spacial score (nSPS) is 11.3. The number of benzene rings is 1. The van der Waals surface area contributed by atoms with Crippen LogP contribution in [-0.4, -0.2) is 20.7 Å². The minimum atomic E-state index is 0.0626. The second-order valence-corrected chi connectivity index (χ2v) is 6.06. The van der Waals surface area contributed by atoms with Gasteiger partial charge < -0.3 is 10.3 Å². The summed E-state index contributed by atoms with van der Waals surface area (Å²) in [6.07, 6.45) is 7.00. The molecule has 1 aromatic carbocycles. The molecule has 120 valence electrons. The van der Waals surface area contributed by atoms with E-state index in [4.69, 9.17) is 0 Å². The Hall–Kier alpha value is -2.56. The molecule has 0 aliphatic rings. The lowest BCUT2D eigenvalue weighted by Crippen LogP contribution is -2.22. The van der Waals surface area contributed by atoms with Gasteiger partial charge in [-0.1, -0.05) is 18.2 Å². The van der Waals surface area contributed by atoms with Crippen molar-refractivity contribution < 1.29 is 4.79 Å². The molecule has 5 nitrogen and oxygen atoms in total. The topological polar surface area (TPSA) is 62.7 Å². The summed E-state index contributed by atoms with van der Waals surface area (Å²) in [5, 5.41) is 8.43. The van der Waals surface area contributed by atoms with Gasteiger partial charge in [0.15, 0.2) is 0 Å². The molecule has 5 heteroatoms. The molecule has 0 radical (unpaired) electrons. The van der Waals surface area contributed by atoms with Crippen LogP contribution in [0.4, 0.5) is 0 Å². The Balaban J connectivity index is 1.51. The van der Waals surface area contributed by atoms with Gasteiger partial charge in [-0.2, -0.15) is 5.10 Å². The van der Waals surface area contributed by atoms with Crippen LogP contribution in [0.3, 0.4) is 0 Å². The summed E-state index contributed by atoms with van der Waals surface area (Å²) in [7, 11) is 0. The number of aryl methyl sites for hydroxylation is 1. The first-order valence-electron chi connectivity index (χ1n) is 7.98. The van der Waals surface area contributed by atoms with E-state index in [1.807, 2.05) is 35.3 Å². The molecular weight excluding hydrogens is 288 g/mol. The van der Waals surface area contributed by atoms with E-state index in [-0.39, 0.29) is 5.91 Å². The Labute approximate surface area is 135 Å². The highest BCUT2D eigenvalue weighted by Gasteiger charge is 2.07. The number of rotatable bonds is 6. The maximum absolute atomic E-state index is 12.0. The zero-order valence-corrected chi connectivity index (χ0v) is 13.5. The van der Waals surface area contributed by atoms with E-state index in [0.717, 1.165) is 17.5 Å². The van der Waals surface area contributed by atoms with Gasteiger partial charge in [0.1, 0.15) is 0 Å². The highest BCUT2D eigenvalue weighted by molar-refractivity contribution is 5.84. The lowest BCUT2D eigenvalue weighted by molar-refractivity contribution is -0.121. The maximum atomic E-state index is 12.0. The monoisotopic (exact) mass is 310 g/mol. The highest BCUT2D eigenvalue weighted by atomic mass is 16.1. The van der Waals surface area contributed by atoms with Gasteiger partial charge in [0.25, 0.3) is 0 Å². The predicted molar refractivity (Wildman–Crippen MR) is 91.1 cm³/mol. The van der Waals surface area contributed by atoms with Crippen molar-refractivity contribution in [2.45, 2.75) is 39.3 Å². The number of nitrogens with one attached hydrogen (secondary N) is 2. The van der Waals surface area contributed by atoms with Gasteiger partial charge in [-0.25, -0.2) is 0 Å². The van der Waals surface area contributed by atoms with Crippen LogP contribution in [0.5, 0.6) is 0 Å². The molecule has 2 heterocycles. The number of hydrogen-bond donors (Lipinski definition) is 2. The fourth-order valence-electron chi connectivity index (χ4n) is 2.63. The van der Waals surface area contributed by atoms with E-state index < -0.39 is 0 Å². The summed E-state index contributed by atoms with van der Waals surface area (Å²) < 4.78 is 1.90. The number of amides is 1. The third-order valence-electron chi connectivity index (χ3n) is 3.97. The van der Waals surface area contributed by atoms with Crippen LogP contribution in [0.25, 0.3) is 10.9 Å². The van der Waals surface area contributed by atoms with Gasteiger partial charge >= 0.3 is 0 Å². The van der Waals surface area contributed by atoms with Crippen LogP contribution >= 0.6 is 0 Å². The standard InChI is InChI=1S/C18H22N4O/c1-13(2)22-12-14(10-21-22)9-20-18(23)8-7-15-11-19-17-6-4-3-5-16(15)17/h3-6,10-13,19H,7-9H2,1-2H3,(H,20,23). The largest absolute Gasteiger partial charge is 0.361 e. The molecule has 2 aromatic heterocycles. The molecule has 0 saturated heterocycles. The molecule has 0 bridgehead atoms. The van der Waals surface area contributed by atoms with Crippen molar-refractivity contribution in [1.29, 1.82) is 0 Å². The summed E-state index contributed by atoms with van der Waals surface area (Å²) >= 11 is 0. The first-order valence-corrected chi connectivity index (χ1v) is 7.98. The molecule has 3 aromatic rings. The van der Waals surface area contributed by atoms with Crippen molar-refractivity contribution in [3.8, 4) is 0 Å². The van der Waals surface area contributed by atoms with E-state index in [2.05, 4.69) is 35.3 Å². The zero-order valence-electron chi connectivity index (χ0n) is 13.5. The third kappa shape index (κ3) is 3.62. The van der Waals surface area contributed by atoms with Gasteiger partial charge in [0.05, 0.1) is 6.20 Å². The fraction of sp³-hybridized carbons (Fsp3) is 0.333. The Morgan fingerprint density at radius 2 is 2.17 bits per heavy atom. The summed E-state index contributed by atoms with van der Waals surface area (Å²) in [6.45, 7) is 4.69. The molecule has 0 aliphatic carbocycles. The lowest BCUT2D eigenvalue weighted by Gasteiger charge is -2.04. The van der Waals surface area contributed by atoms with E-state index in [1.165, 1.54) is 10.9 Å². The van der Waals surface area contributed by atoms with Crippen molar-refractivity contribution in [1.82, 2.24) is 20.1 Å². The Morgan fingerprint density at radius 3 is 2.96 bits per heavy atom. The van der Waals surface area contributed by atoms with Crippen LogP contribution in [0.15, 0.2) is 42.9 Å². The smallest absolute Gasteiger partial charge is 0.220 e. The molecule has 0 fully saturated rings. The zero-order chi connectivity index (χ0) is 16.2. The summed E-state index contributed by atoms with van der Waals surface area (Å²) in [4.78, 5) is 15.3. The highest BCUT2D eigenvalue weighted by Crippen LogP contribution is 2.18. The molecular formula is C18H22N4O. The SMILES string of the molecule is CC(C)n1cc(CNC(=O)CCc2c[nH]c3ccccc23)cn1. The summed E-state index contributed by atoms with van der Waals surface area (Å²) in [6, 6.07) is 8.49. The van der Waals surface area contributed by atoms with Crippen LogP contribution in [0.2, 0.25) is 0 Å². The van der Waals surface area contributed by atoms with Crippen LogP contribution in [0, 0.1) is 0 Å². The van der Waals surface area contributed by atoms with Crippen LogP contribution in [0.1, 0.15) is 37.4 Å². The Kier molecular flexibility index (Phi) is 4.46. The number of hydrogen-bond acceptors (Lipinski definition) is 2. The van der Waals surface area contributed by atoms with Gasteiger partial charge in [-0.05, 0) is 31.9 Å². The third-order valence-corrected chi connectivity index (χ3v) is 3.97.